The molecule has 0 bridgehead atoms. The predicted octanol–water partition coefficient (Wildman–Crippen LogP) is 9.06. The molecule has 2 rings (SSSR count). The fraction of sp³-hybridized carbons (Fsp3) is 0.161. The fourth-order valence-electron chi connectivity index (χ4n) is 3.66. The highest BCUT2D eigenvalue weighted by Crippen LogP contribution is 2.38. The maximum atomic E-state index is 4.43. The van der Waals surface area contributed by atoms with Gasteiger partial charge in [0.15, 0.2) is 0 Å². The molecular weight excluding hydrogens is 372 g/mol. The van der Waals surface area contributed by atoms with Crippen LogP contribution in [0.4, 0.5) is 0 Å². The van der Waals surface area contributed by atoms with E-state index in [0.29, 0.717) is 0 Å². The molecule has 2 aromatic carbocycles. The smallest absolute Gasteiger partial charge is 0.00280 e. The summed E-state index contributed by atoms with van der Waals surface area (Å²) in [5, 5.41) is 0. The summed E-state index contributed by atoms with van der Waals surface area (Å²) in [6.45, 7) is 21.1. The van der Waals surface area contributed by atoms with Crippen molar-refractivity contribution in [1.82, 2.24) is 0 Å². The van der Waals surface area contributed by atoms with Crippen LogP contribution in [0.1, 0.15) is 43.9 Å². The van der Waals surface area contributed by atoms with Crippen molar-refractivity contribution < 1.29 is 0 Å². The number of hydrogen-bond donors (Lipinski definition) is 0. The SMILES string of the molecule is C=C/C=C(C(=C/C)\CC)/C(=C(\C(=C)C)C(=C)/C=C/c1ccc(C)cc1)c1ccccc1. The number of allylic oxidation sites excluding steroid dienone is 10. The van der Waals surface area contributed by atoms with Crippen molar-refractivity contribution >= 4 is 11.6 Å². The van der Waals surface area contributed by atoms with Crippen LogP contribution in [0.5, 0.6) is 0 Å². The van der Waals surface area contributed by atoms with Gasteiger partial charge in [0.2, 0.25) is 0 Å². The van der Waals surface area contributed by atoms with Gasteiger partial charge in [-0.3, -0.25) is 0 Å². The van der Waals surface area contributed by atoms with E-state index < -0.39 is 0 Å². The van der Waals surface area contributed by atoms with Crippen LogP contribution in [0.2, 0.25) is 0 Å². The molecule has 0 spiro atoms. The minimum atomic E-state index is 0.932. The van der Waals surface area contributed by atoms with E-state index in [0.717, 1.165) is 45.4 Å². The molecule has 0 aliphatic carbocycles. The zero-order valence-electron chi connectivity index (χ0n) is 19.4. The van der Waals surface area contributed by atoms with E-state index >= 15 is 0 Å². The van der Waals surface area contributed by atoms with Gasteiger partial charge in [-0.25, -0.2) is 0 Å². The molecule has 0 heteroatoms. The molecule has 0 N–H and O–H groups in total. The summed E-state index contributed by atoms with van der Waals surface area (Å²) in [6, 6.07) is 19.0. The van der Waals surface area contributed by atoms with Crippen molar-refractivity contribution in [2.75, 3.05) is 0 Å². The summed E-state index contributed by atoms with van der Waals surface area (Å²) < 4.78 is 0. The fourth-order valence-corrected chi connectivity index (χ4v) is 3.66. The largest absolute Gasteiger partial charge is 0.0990 e. The number of hydrogen-bond acceptors (Lipinski definition) is 0. The summed E-state index contributed by atoms with van der Waals surface area (Å²) >= 11 is 0. The number of aryl methyl sites for hydroxylation is 1. The summed E-state index contributed by atoms with van der Waals surface area (Å²) in [5.74, 6) is 0. The first-order chi connectivity index (χ1) is 14.9. The standard InChI is InChI=1S/C31H34/c1-8-14-29(27(9-2)10-3)31(28-15-12-11-13-16-28)30(23(4)5)25(7)19-22-26-20-17-24(6)18-21-26/h8-9,11-22H,1,4,7,10H2,2-3,5-6H3/b22-19+,27-9-,29-14+,31-30+. The molecule has 0 amide bonds. The first-order valence-corrected chi connectivity index (χ1v) is 10.8. The first kappa shape index (κ1) is 23.9. The van der Waals surface area contributed by atoms with Crippen molar-refractivity contribution in [3.05, 3.63) is 143 Å². The van der Waals surface area contributed by atoms with E-state index in [1.54, 1.807) is 0 Å². The van der Waals surface area contributed by atoms with Crippen molar-refractivity contribution in [3.63, 3.8) is 0 Å². The molecule has 0 atom stereocenters. The normalized spacial score (nSPS) is 13.2. The van der Waals surface area contributed by atoms with Crippen LogP contribution < -0.4 is 0 Å². The second-order valence-corrected chi connectivity index (χ2v) is 7.65. The maximum Gasteiger partial charge on any atom is -0.00280 e. The molecule has 31 heavy (non-hydrogen) atoms. The Morgan fingerprint density at radius 2 is 1.61 bits per heavy atom. The van der Waals surface area contributed by atoms with Gasteiger partial charge in [0.05, 0.1) is 0 Å². The molecule has 0 fully saturated rings. The van der Waals surface area contributed by atoms with E-state index in [9.17, 15) is 0 Å². The van der Waals surface area contributed by atoms with Gasteiger partial charge >= 0.3 is 0 Å². The molecule has 158 valence electrons. The van der Waals surface area contributed by atoms with Crippen molar-refractivity contribution in [2.24, 2.45) is 0 Å². The third-order valence-electron chi connectivity index (χ3n) is 5.24. The predicted molar refractivity (Wildman–Crippen MR) is 140 cm³/mol. The molecule has 0 radical (unpaired) electrons. The summed E-state index contributed by atoms with van der Waals surface area (Å²) in [7, 11) is 0. The highest BCUT2D eigenvalue weighted by Gasteiger charge is 2.18. The Kier molecular flexibility index (Phi) is 9.03. The zero-order chi connectivity index (χ0) is 22.8. The van der Waals surface area contributed by atoms with Gasteiger partial charge in [-0.15, -0.1) is 0 Å². The van der Waals surface area contributed by atoms with Crippen molar-refractivity contribution in [1.29, 1.82) is 0 Å². The molecule has 0 aromatic heterocycles. The second-order valence-electron chi connectivity index (χ2n) is 7.65. The number of benzene rings is 2. The quantitative estimate of drug-likeness (QED) is 0.364. The average molecular weight is 407 g/mol. The maximum absolute atomic E-state index is 4.43. The topological polar surface area (TPSA) is 0 Å². The highest BCUT2D eigenvalue weighted by atomic mass is 14.2. The summed E-state index contributed by atoms with van der Waals surface area (Å²) in [5.41, 5.74) is 10.1. The third kappa shape index (κ3) is 6.30. The van der Waals surface area contributed by atoms with Crippen molar-refractivity contribution in [3.8, 4) is 0 Å². The van der Waals surface area contributed by atoms with Crippen molar-refractivity contribution in [2.45, 2.75) is 34.1 Å². The Labute approximate surface area is 189 Å². The van der Waals surface area contributed by atoms with E-state index in [2.05, 4.69) is 120 Å². The van der Waals surface area contributed by atoms with E-state index in [1.165, 1.54) is 11.1 Å². The van der Waals surface area contributed by atoms with Gasteiger partial charge in [-0.05, 0) is 71.8 Å². The number of rotatable bonds is 9. The van der Waals surface area contributed by atoms with Crippen LogP contribution in [0, 0.1) is 6.92 Å². The Bertz CT molecular complexity index is 1050. The van der Waals surface area contributed by atoms with Gasteiger partial charge in [-0.1, -0.05) is 117 Å². The van der Waals surface area contributed by atoms with Gasteiger partial charge in [-0.2, -0.15) is 0 Å². The molecule has 0 heterocycles. The van der Waals surface area contributed by atoms with Crippen LogP contribution in [-0.4, -0.2) is 0 Å². The van der Waals surface area contributed by atoms with Crippen LogP contribution in [0.15, 0.2) is 127 Å². The van der Waals surface area contributed by atoms with Crippen LogP contribution in [0.25, 0.3) is 11.6 Å². The second kappa shape index (κ2) is 11.7. The summed E-state index contributed by atoms with van der Waals surface area (Å²) in [6.07, 6.45) is 11.3. The first-order valence-electron chi connectivity index (χ1n) is 10.8. The highest BCUT2D eigenvalue weighted by molar-refractivity contribution is 5.91. The van der Waals surface area contributed by atoms with Crippen LogP contribution in [0.3, 0.4) is 0 Å². The molecule has 0 saturated heterocycles. The Balaban J connectivity index is 2.74. The molecule has 0 nitrogen and oxygen atoms in total. The molecular formula is C31H34. The minimum Gasteiger partial charge on any atom is -0.0990 e. The monoisotopic (exact) mass is 406 g/mol. The Morgan fingerprint density at radius 1 is 0.968 bits per heavy atom. The molecule has 0 saturated carbocycles. The van der Waals surface area contributed by atoms with E-state index in [-0.39, 0.29) is 0 Å². The lowest BCUT2D eigenvalue weighted by molar-refractivity contribution is 1.12. The van der Waals surface area contributed by atoms with Gasteiger partial charge in [0.25, 0.3) is 0 Å². The zero-order valence-corrected chi connectivity index (χ0v) is 19.4. The molecule has 0 aliphatic rings. The molecule has 0 unspecified atom stereocenters. The van der Waals surface area contributed by atoms with Gasteiger partial charge < -0.3 is 0 Å². The lowest BCUT2D eigenvalue weighted by Crippen LogP contribution is -2.01. The lowest BCUT2D eigenvalue weighted by Gasteiger charge is -2.21. The van der Waals surface area contributed by atoms with E-state index in [1.807, 2.05) is 12.1 Å². The summed E-state index contributed by atoms with van der Waals surface area (Å²) in [4.78, 5) is 0. The van der Waals surface area contributed by atoms with Crippen LogP contribution in [-0.2, 0) is 0 Å². The minimum absolute atomic E-state index is 0.932. The molecule has 2 aromatic rings. The van der Waals surface area contributed by atoms with Crippen LogP contribution >= 0.6 is 0 Å². The molecule has 0 aliphatic heterocycles. The van der Waals surface area contributed by atoms with E-state index in [4.69, 9.17) is 0 Å². The third-order valence-corrected chi connectivity index (χ3v) is 5.24. The van der Waals surface area contributed by atoms with Gasteiger partial charge in [0, 0.05) is 0 Å². The average Bonchev–Trinajstić information content (AvgIpc) is 2.77. The van der Waals surface area contributed by atoms with Gasteiger partial charge in [0.1, 0.15) is 0 Å². The Hall–Kier alpha value is -3.38. The lowest BCUT2D eigenvalue weighted by atomic mass is 9.82. The Morgan fingerprint density at radius 3 is 2.13 bits per heavy atom.